The van der Waals surface area contributed by atoms with E-state index < -0.39 is 26.9 Å². The van der Waals surface area contributed by atoms with Crippen LogP contribution in [0.25, 0.3) is 0 Å². The largest absolute Gasteiger partial charge is 0.534 e. The predicted molar refractivity (Wildman–Crippen MR) is 110 cm³/mol. The molecular formula is C20H18F3N3O6S. The second kappa shape index (κ2) is 7.42. The highest BCUT2D eigenvalue weighted by Crippen LogP contribution is 2.52. The zero-order chi connectivity index (χ0) is 23.4. The van der Waals surface area contributed by atoms with Gasteiger partial charge in [0.2, 0.25) is 0 Å². The number of benzene rings is 2. The van der Waals surface area contributed by atoms with E-state index in [4.69, 9.17) is 19.9 Å². The molecule has 33 heavy (non-hydrogen) atoms. The summed E-state index contributed by atoms with van der Waals surface area (Å²) < 4.78 is 82.6. The van der Waals surface area contributed by atoms with E-state index in [1.54, 1.807) is 6.07 Å². The van der Waals surface area contributed by atoms with Crippen molar-refractivity contribution in [1.82, 2.24) is 0 Å². The van der Waals surface area contributed by atoms with Crippen LogP contribution < -0.4 is 19.6 Å². The third-order valence-electron chi connectivity index (χ3n) is 5.62. The fourth-order valence-electron chi connectivity index (χ4n) is 4.07. The Morgan fingerprint density at radius 3 is 2.36 bits per heavy atom. The van der Waals surface area contributed by atoms with E-state index in [0.717, 1.165) is 17.8 Å². The number of anilines is 1. The van der Waals surface area contributed by atoms with Crippen LogP contribution in [-0.4, -0.2) is 52.9 Å². The van der Waals surface area contributed by atoms with Gasteiger partial charge in [0.05, 0.1) is 13.2 Å². The van der Waals surface area contributed by atoms with Crippen LogP contribution in [0.1, 0.15) is 11.1 Å². The lowest BCUT2D eigenvalue weighted by Gasteiger charge is -2.35. The highest BCUT2D eigenvalue weighted by atomic mass is 32.2. The normalized spacial score (nSPS) is 22.2. The fourth-order valence-corrected chi connectivity index (χ4v) is 4.52. The van der Waals surface area contributed by atoms with Crippen molar-refractivity contribution in [3.8, 4) is 17.2 Å². The van der Waals surface area contributed by atoms with Gasteiger partial charge in [0, 0.05) is 29.9 Å². The van der Waals surface area contributed by atoms with Crippen LogP contribution in [0.2, 0.25) is 0 Å². The summed E-state index contributed by atoms with van der Waals surface area (Å²) in [5, 5.41) is 0. The molecule has 13 heteroatoms. The van der Waals surface area contributed by atoms with Crippen LogP contribution in [-0.2, 0) is 25.1 Å². The summed E-state index contributed by atoms with van der Waals surface area (Å²) in [6.45, 7) is 2.45. The van der Waals surface area contributed by atoms with Crippen molar-refractivity contribution in [2.24, 2.45) is 10.7 Å². The minimum atomic E-state index is -5.86. The molecule has 3 heterocycles. The minimum absolute atomic E-state index is 0.0514. The highest BCUT2D eigenvalue weighted by Gasteiger charge is 2.50. The van der Waals surface area contributed by atoms with Crippen molar-refractivity contribution in [2.45, 2.75) is 11.0 Å². The average molecular weight is 485 g/mol. The van der Waals surface area contributed by atoms with Crippen LogP contribution in [0.4, 0.5) is 18.9 Å². The minimum Gasteiger partial charge on any atom is -0.462 e. The van der Waals surface area contributed by atoms with Crippen molar-refractivity contribution in [2.75, 3.05) is 37.8 Å². The summed E-state index contributed by atoms with van der Waals surface area (Å²) in [4.78, 5) is 6.57. The first-order chi connectivity index (χ1) is 15.6. The van der Waals surface area contributed by atoms with Crippen LogP contribution in [0.3, 0.4) is 0 Å². The summed E-state index contributed by atoms with van der Waals surface area (Å²) in [6, 6.07) is 8.95. The molecule has 0 saturated carbocycles. The van der Waals surface area contributed by atoms with Crippen molar-refractivity contribution in [3.05, 3.63) is 47.5 Å². The summed E-state index contributed by atoms with van der Waals surface area (Å²) in [5.74, 6) is 0.195. The smallest absolute Gasteiger partial charge is 0.462 e. The molecule has 0 aliphatic carbocycles. The van der Waals surface area contributed by atoms with E-state index in [1.807, 2.05) is 12.1 Å². The number of nitrogens with zero attached hydrogens (tertiary/aromatic N) is 2. The number of amidine groups is 1. The highest BCUT2D eigenvalue weighted by molar-refractivity contribution is 7.88. The van der Waals surface area contributed by atoms with Gasteiger partial charge in [-0.25, -0.2) is 4.99 Å². The van der Waals surface area contributed by atoms with Gasteiger partial charge in [0.1, 0.15) is 23.9 Å². The predicted octanol–water partition coefficient (Wildman–Crippen LogP) is 2.45. The average Bonchev–Trinajstić information content (AvgIpc) is 3.16. The van der Waals surface area contributed by atoms with Crippen LogP contribution in [0, 0.1) is 0 Å². The molecule has 2 N–H and O–H groups in total. The first-order valence-corrected chi connectivity index (χ1v) is 11.3. The molecule has 0 aromatic heterocycles. The molecule has 3 aliphatic heterocycles. The SMILES string of the molecule is NC1=N[C@@]2(CO1)c1cc(OS(=O)(=O)C(F)(F)F)ccc1Oc1ccc(N3CCOCC3)cc12. The molecule has 2 aromatic carbocycles. The number of hydrogen-bond donors (Lipinski definition) is 1. The summed E-state index contributed by atoms with van der Waals surface area (Å²) in [6.07, 6.45) is 0. The number of nitrogens with two attached hydrogens (primary N) is 1. The molecule has 1 saturated heterocycles. The van der Waals surface area contributed by atoms with Gasteiger partial charge in [0.15, 0.2) is 5.54 Å². The van der Waals surface area contributed by atoms with Crippen LogP contribution in [0.15, 0.2) is 41.4 Å². The summed E-state index contributed by atoms with van der Waals surface area (Å²) >= 11 is 0. The van der Waals surface area contributed by atoms with Crippen LogP contribution >= 0.6 is 0 Å². The number of alkyl halides is 3. The molecule has 5 rings (SSSR count). The third kappa shape index (κ3) is 3.60. The number of aliphatic imine (C=N–C) groups is 1. The van der Waals surface area contributed by atoms with Gasteiger partial charge in [-0.2, -0.15) is 21.6 Å². The van der Waals surface area contributed by atoms with Crippen LogP contribution in [0.5, 0.6) is 17.2 Å². The standard InChI is InChI=1S/C20H18F3N3O6S/c21-20(22,23)33(27,28)32-13-2-4-17-15(10-13)19(11-30-18(24)25-19)14-9-12(1-3-16(14)31-17)26-5-7-29-8-6-26/h1-4,9-10H,5-8,11H2,(H2,24,25)/t19-/m1/s1. The van der Waals surface area contributed by atoms with E-state index in [-0.39, 0.29) is 23.9 Å². The van der Waals surface area contributed by atoms with Crippen molar-refractivity contribution < 1.29 is 40.0 Å². The summed E-state index contributed by atoms with van der Waals surface area (Å²) in [7, 11) is -5.86. The molecule has 1 atom stereocenters. The quantitative estimate of drug-likeness (QED) is 0.521. The topological polar surface area (TPSA) is 113 Å². The Bertz CT molecular complexity index is 1240. The maximum atomic E-state index is 12.8. The number of rotatable bonds is 3. The Morgan fingerprint density at radius 2 is 1.73 bits per heavy atom. The lowest BCUT2D eigenvalue weighted by Crippen LogP contribution is -2.37. The number of hydrogen-bond acceptors (Lipinski definition) is 9. The number of morpholine rings is 1. The zero-order valence-corrected chi connectivity index (χ0v) is 17.8. The Kier molecular flexibility index (Phi) is 4.86. The monoisotopic (exact) mass is 485 g/mol. The molecule has 9 nitrogen and oxygen atoms in total. The van der Waals surface area contributed by atoms with Crippen molar-refractivity contribution >= 4 is 21.8 Å². The number of fused-ring (bicyclic) bond motifs is 4. The molecule has 0 radical (unpaired) electrons. The molecule has 2 aromatic rings. The van der Waals surface area contributed by atoms with Gasteiger partial charge < -0.3 is 29.0 Å². The molecular weight excluding hydrogens is 467 g/mol. The van der Waals surface area contributed by atoms with E-state index >= 15 is 0 Å². The van der Waals surface area contributed by atoms with Gasteiger partial charge in [-0.15, -0.1) is 0 Å². The van der Waals surface area contributed by atoms with Gasteiger partial charge in [0.25, 0.3) is 6.02 Å². The Hall–Kier alpha value is -3.19. The lowest BCUT2D eigenvalue weighted by atomic mass is 9.81. The van der Waals surface area contributed by atoms with Gasteiger partial charge in [-0.3, -0.25) is 0 Å². The Labute approximate surface area is 186 Å². The molecule has 0 bridgehead atoms. The second-order valence-electron chi connectivity index (χ2n) is 7.62. The maximum Gasteiger partial charge on any atom is 0.534 e. The van der Waals surface area contributed by atoms with E-state index in [9.17, 15) is 21.6 Å². The molecule has 1 spiro atoms. The Morgan fingerprint density at radius 1 is 1.06 bits per heavy atom. The molecule has 0 amide bonds. The first-order valence-electron chi connectivity index (χ1n) is 9.88. The Balaban J connectivity index is 1.61. The second-order valence-corrected chi connectivity index (χ2v) is 9.16. The number of ether oxygens (including phenoxy) is 3. The number of halogens is 3. The first kappa shape index (κ1) is 21.6. The maximum absolute atomic E-state index is 12.8. The van der Waals surface area contributed by atoms with Gasteiger partial charge in [-0.05, 0) is 36.4 Å². The molecule has 3 aliphatic rings. The lowest BCUT2D eigenvalue weighted by molar-refractivity contribution is -0.0500. The third-order valence-corrected chi connectivity index (χ3v) is 6.60. The molecule has 176 valence electrons. The summed E-state index contributed by atoms with van der Waals surface area (Å²) in [5.41, 5.74) is 0.708. The van der Waals surface area contributed by atoms with E-state index in [1.165, 1.54) is 6.07 Å². The molecule has 1 fully saturated rings. The van der Waals surface area contributed by atoms with Gasteiger partial charge in [-0.1, -0.05) is 0 Å². The van der Waals surface area contributed by atoms with E-state index in [0.29, 0.717) is 37.6 Å². The zero-order valence-electron chi connectivity index (χ0n) is 17.0. The van der Waals surface area contributed by atoms with E-state index in [2.05, 4.69) is 14.1 Å². The van der Waals surface area contributed by atoms with Crippen molar-refractivity contribution in [3.63, 3.8) is 0 Å². The van der Waals surface area contributed by atoms with Crippen molar-refractivity contribution in [1.29, 1.82) is 0 Å². The fraction of sp³-hybridized carbons (Fsp3) is 0.350. The van der Waals surface area contributed by atoms with Gasteiger partial charge >= 0.3 is 15.6 Å². The molecule has 0 unspecified atom stereocenters.